The molecule has 1 aliphatic heterocycles. The van der Waals surface area contributed by atoms with Crippen LogP contribution in [0.25, 0.3) is 0 Å². The molecule has 1 saturated heterocycles. The molecule has 0 aromatic carbocycles. The third-order valence-electron chi connectivity index (χ3n) is 5.65. The van der Waals surface area contributed by atoms with Gasteiger partial charge in [0.25, 0.3) is 5.91 Å². The van der Waals surface area contributed by atoms with Crippen LogP contribution in [-0.4, -0.2) is 48.2 Å². The molecule has 0 spiro atoms. The van der Waals surface area contributed by atoms with E-state index in [-0.39, 0.29) is 5.91 Å². The number of hydrogen-bond acceptors (Lipinski definition) is 5. The van der Waals surface area contributed by atoms with Gasteiger partial charge in [0, 0.05) is 38.4 Å². The Morgan fingerprint density at radius 2 is 1.96 bits per heavy atom. The molecule has 0 atom stereocenters. The molecule has 1 fully saturated rings. The summed E-state index contributed by atoms with van der Waals surface area (Å²) in [6.07, 6.45) is 5.52. The smallest absolute Gasteiger partial charge is 0.257 e. The largest absolute Gasteiger partial charge is 0.466 e. The van der Waals surface area contributed by atoms with Gasteiger partial charge < -0.3 is 18.5 Å². The van der Waals surface area contributed by atoms with E-state index < -0.39 is 0 Å². The maximum atomic E-state index is 12.8. The van der Waals surface area contributed by atoms with Crippen LogP contribution in [0.15, 0.2) is 22.9 Å². The number of hydrogen-bond donors (Lipinski definition) is 0. The van der Waals surface area contributed by atoms with Crippen molar-refractivity contribution in [2.75, 3.05) is 13.1 Å². The molecule has 0 bridgehead atoms. The van der Waals surface area contributed by atoms with Gasteiger partial charge in [-0.05, 0) is 39.7 Å². The van der Waals surface area contributed by atoms with Crippen LogP contribution in [0.2, 0.25) is 0 Å². The normalized spacial score (nSPS) is 15.4. The zero-order valence-electron chi connectivity index (χ0n) is 16.8. The SMILES string of the molecule is Cc1cc(C(=O)N2CCC(c3nnc(Cn4ccnc4C)n3C)CC2)c(C)o1. The predicted octanol–water partition coefficient (Wildman–Crippen LogP) is 2.60. The Morgan fingerprint density at radius 1 is 1.21 bits per heavy atom. The molecule has 8 heteroatoms. The summed E-state index contributed by atoms with van der Waals surface area (Å²) in [6, 6.07) is 1.83. The maximum absolute atomic E-state index is 12.8. The van der Waals surface area contributed by atoms with Crippen molar-refractivity contribution in [2.45, 2.75) is 46.1 Å². The van der Waals surface area contributed by atoms with Crippen LogP contribution in [0.4, 0.5) is 0 Å². The van der Waals surface area contributed by atoms with Crippen molar-refractivity contribution >= 4 is 5.91 Å². The first-order chi connectivity index (χ1) is 13.4. The zero-order chi connectivity index (χ0) is 19.8. The van der Waals surface area contributed by atoms with E-state index in [4.69, 9.17) is 4.42 Å². The number of aryl methyl sites for hydroxylation is 3. The minimum Gasteiger partial charge on any atom is -0.466 e. The molecule has 0 unspecified atom stereocenters. The van der Waals surface area contributed by atoms with Crippen molar-refractivity contribution in [3.63, 3.8) is 0 Å². The monoisotopic (exact) mass is 382 g/mol. The summed E-state index contributed by atoms with van der Waals surface area (Å²) < 4.78 is 9.66. The second kappa shape index (κ2) is 7.26. The molecule has 0 N–H and O–H groups in total. The Balaban J connectivity index is 1.42. The van der Waals surface area contributed by atoms with Crippen molar-refractivity contribution in [2.24, 2.45) is 7.05 Å². The van der Waals surface area contributed by atoms with Crippen LogP contribution in [0.3, 0.4) is 0 Å². The van der Waals surface area contributed by atoms with Crippen LogP contribution in [-0.2, 0) is 13.6 Å². The fourth-order valence-electron chi connectivity index (χ4n) is 3.95. The first-order valence-electron chi connectivity index (χ1n) is 9.66. The van der Waals surface area contributed by atoms with Gasteiger partial charge in [-0.1, -0.05) is 0 Å². The molecule has 8 nitrogen and oxygen atoms in total. The molecule has 1 amide bonds. The van der Waals surface area contributed by atoms with Crippen molar-refractivity contribution < 1.29 is 9.21 Å². The number of aromatic nitrogens is 5. The van der Waals surface area contributed by atoms with E-state index >= 15 is 0 Å². The first kappa shape index (κ1) is 18.5. The van der Waals surface area contributed by atoms with Gasteiger partial charge in [-0.25, -0.2) is 4.98 Å². The highest BCUT2D eigenvalue weighted by Gasteiger charge is 2.29. The lowest BCUT2D eigenvalue weighted by molar-refractivity contribution is 0.0708. The molecule has 3 aromatic rings. The third-order valence-corrected chi connectivity index (χ3v) is 5.65. The van der Waals surface area contributed by atoms with Crippen molar-refractivity contribution in [3.05, 3.63) is 53.0 Å². The number of furan rings is 1. The summed E-state index contributed by atoms with van der Waals surface area (Å²) >= 11 is 0. The lowest BCUT2D eigenvalue weighted by atomic mass is 9.95. The highest BCUT2D eigenvalue weighted by molar-refractivity contribution is 5.95. The molecule has 0 aliphatic carbocycles. The second-order valence-corrected chi connectivity index (χ2v) is 7.53. The zero-order valence-corrected chi connectivity index (χ0v) is 16.8. The minimum absolute atomic E-state index is 0.0574. The minimum atomic E-state index is 0.0574. The van der Waals surface area contributed by atoms with Gasteiger partial charge in [0.05, 0.1) is 12.1 Å². The molecule has 0 radical (unpaired) electrons. The second-order valence-electron chi connectivity index (χ2n) is 7.53. The lowest BCUT2D eigenvalue weighted by Crippen LogP contribution is -2.38. The fourth-order valence-corrected chi connectivity index (χ4v) is 3.95. The quantitative estimate of drug-likeness (QED) is 0.693. The van der Waals surface area contributed by atoms with E-state index in [0.29, 0.717) is 23.8 Å². The average molecular weight is 382 g/mol. The van der Waals surface area contributed by atoms with Crippen LogP contribution in [0.1, 0.15) is 58.1 Å². The molecule has 28 heavy (non-hydrogen) atoms. The number of imidazole rings is 1. The molecule has 4 heterocycles. The van der Waals surface area contributed by atoms with E-state index in [9.17, 15) is 4.79 Å². The van der Waals surface area contributed by atoms with Gasteiger partial charge in [0.2, 0.25) is 0 Å². The number of piperidine rings is 1. The average Bonchev–Trinajstić information content (AvgIpc) is 3.35. The van der Waals surface area contributed by atoms with E-state index in [1.54, 1.807) is 6.20 Å². The fraction of sp³-hybridized carbons (Fsp3) is 0.500. The van der Waals surface area contributed by atoms with Crippen molar-refractivity contribution in [1.29, 1.82) is 0 Å². The standard InChI is InChI=1S/C20H26N6O2/c1-13-11-17(14(2)28-13)20(27)25-8-5-16(6-9-25)19-23-22-18(24(19)4)12-26-10-7-21-15(26)3/h7,10-11,16H,5-6,8-9,12H2,1-4H3. The molecule has 0 saturated carbocycles. The van der Waals surface area contributed by atoms with Crippen LogP contribution in [0.5, 0.6) is 0 Å². The molecule has 1 aliphatic rings. The van der Waals surface area contributed by atoms with Crippen LogP contribution < -0.4 is 0 Å². The molecule has 4 rings (SSSR count). The highest BCUT2D eigenvalue weighted by Crippen LogP contribution is 2.28. The summed E-state index contributed by atoms with van der Waals surface area (Å²) in [5.41, 5.74) is 0.674. The number of carbonyl (C=O) groups is 1. The van der Waals surface area contributed by atoms with Crippen molar-refractivity contribution in [3.8, 4) is 0 Å². The Kier molecular flexibility index (Phi) is 4.78. The summed E-state index contributed by atoms with van der Waals surface area (Å²) in [5.74, 6) is 4.71. The summed E-state index contributed by atoms with van der Waals surface area (Å²) in [7, 11) is 2.02. The lowest BCUT2D eigenvalue weighted by Gasteiger charge is -2.31. The van der Waals surface area contributed by atoms with Gasteiger partial charge in [0.15, 0.2) is 5.82 Å². The van der Waals surface area contributed by atoms with Crippen LogP contribution in [0, 0.1) is 20.8 Å². The maximum Gasteiger partial charge on any atom is 0.257 e. The highest BCUT2D eigenvalue weighted by atomic mass is 16.3. The van der Waals surface area contributed by atoms with Gasteiger partial charge in [-0.15, -0.1) is 10.2 Å². The molecular weight excluding hydrogens is 356 g/mol. The van der Waals surface area contributed by atoms with Crippen LogP contribution >= 0.6 is 0 Å². The molecular formula is C20H26N6O2. The number of nitrogens with zero attached hydrogens (tertiary/aromatic N) is 6. The van der Waals surface area contributed by atoms with Gasteiger partial charge >= 0.3 is 0 Å². The number of carbonyl (C=O) groups excluding carboxylic acids is 1. The molecule has 3 aromatic heterocycles. The number of amides is 1. The van der Waals surface area contributed by atoms with Gasteiger partial charge in [-0.2, -0.15) is 0 Å². The van der Waals surface area contributed by atoms with E-state index in [1.165, 1.54) is 0 Å². The van der Waals surface area contributed by atoms with Crippen molar-refractivity contribution in [1.82, 2.24) is 29.2 Å². The van der Waals surface area contributed by atoms with E-state index in [1.807, 2.05) is 45.0 Å². The Hall–Kier alpha value is -2.90. The van der Waals surface area contributed by atoms with Gasteiger partial charge in [0.1, 0.15) is 23.2 Å². The number of likely N-dealkylation sites (tertiary alicyclic amines) is 1. The first-order valence-corrected chi connectivity index (χ1v) is 9.66. The predicted molar refractivity (Wildman–Crippen MR) is 103 cm³/mol. The van der Waals surface area contributed by atoms with Gasteiger partial charge in [-0.3, -0.25) is 4.79 Å². The summed E-state index contributed by atoms with van der Waals surface area (Å²) in [6.45, 7) is 7.79. The Labute approximate surface area is 164 Å². The third kappa shape index (κ3) is 3.34. The number of rotatable bonds is 4. The summed E-state index contributed by atoms with van der Waals surface area (Å²) in [4.78, 5) is 19.0. The Bertz CT molecular complexity index is 990. The topological polar surface area (TPSA) is 82.0 Å². The van der Waals surface area contributed by atoms with E-state index in [2.05, 4.69) is 24.3 Å². The summed E-state index contributed by atoms with van der Waals surface area (Å²) in [5, 5.41) is 8.85. The van der Waals surface area contributed by atoms with E-state index in [0.717, 1.165) is 49.2 Å². The Morgan fingerprint density at radius 3 is 2.57 bits per heavy atom. The molecule has 148 valence electrons.